The molecule has 1 aromatic carbocycles. The van der Waals surface area contributed by atoms with Gasteiger partial charge in [-0.2, -0.15) is 0 Å². The summed E-state index contributed by atoms with van der Waals surface area (Å²) in [5.74, 6) is 0.689. The summed E-state index contributed by atoms with van der Waals surface area (Å²) in [4.78, 5) is 20.8. The highest BCUT2D eigenvalue weighted by atomic mass is 79.9. The van der Waals surface area contributed by atoms with Crippen LogP contribution in [-0.2, 0) is 0 Å². The number of methoxy groups -OCH3 is 1. The lowest BCUT2D eigenvalue weighted by atomic mass is 10.1. The Labute approximate surface area is 155 Å². The second kappa shape index (κ2) is 7.74. The molecule has 0 bridgehead atoms. The van der Waals surface area contributed by atoms with Crippen LogP contribution in [-0.4, -0.2) is 48.7 Å². The zero-order valence-corrected chi connectivity index (χ0v) is 15.9. The summed E-state index contributed by atoms with van der Waals surface area (Å²) in [6.07, 6.45) is 3.59. The molecule has 25 heavy (non-hydrogen) atoms. The molecule has 1 aliphatic rings. The number of pyridine rings is 1. The molecule has 2 amide bonds. The van der Waals surface area contributed by atoms with Crippen molar-refractivity contribution >= 4 is 33.3 Å². The van der Waals surface area contributed by atoms with Crippen LogP contribution in [0.1, 0.15) is 6.92 Å². The number of nitrogens with zero attached hydrogens (tertiary/aromatic N) is 3. The molecule has 1 aromatic heterocycles. The number of carbonyl (C=O) groups is 1. The van der Waals surface area contributed by atoms with Crippen LogP contribution in [0.2, 0.25) is 0 Å². The molecular formula is C18H21BrN4O2. The number of carbonyl (C=O) groups excluding carboxylic acids is 1. The third-order valence-corrected chi connectivity index (χ3v) is 4.97. The van der Waals surface area contributed by atoms with Crippen molar-refractivity contribution in [3.63, 3.8) is 0 Å². The fourth-order valence-electron chi connectivity index (χ4n) is 3.00. The van der Waals surface area contributed by atoms with Crippen LogP contribution >= 0.6 is 15.9 Å². The molecule has 1 atom stereocenters. The van der Waals surface area contributed by atoms with Gasteiger partial charge in [0.1, 0.15) is 5.75 Å². The average molecular weight is 405 g/mol. The van der Waals surface area contributed by atoms with Gasteiger partial charge in [-0.1, -0.05) is 0 Å². The summed E-state index contributed by atoms with van der Waals surface area (Å²) in [5.41, 5.74) is 1.86. The number of aromatic nitrogens is 1. The van der Waals surface area contributed by atoms with E-state index in [4.69, 9.17) is 4.74 Å². The van der Waals surface area contributed by atoms with Crippen LogP contribution in [0, 0.1) is 0 Å². The van der Waals surface area contributed by atoms with Crippen molar-refractivity contribution in [2.24, 2.45) is 0 Å². The van der Waals surface area contributed by atoms with Gasteiger partial charge in [0.05, 0.1) is 11.6 Å². The van der Waals surface area contributed by atoms with Crippen LogP contribution in [0.4, 0.5) is 16.2 Å². The summed E-state index contributed by atoms with van der Waals surface area (Å²) in [6, 6.07) is 9.66. The predicted molar refractivity (Wildman–Crippen MR) is 102 cm³/mol. The van der Waals surface area contributed by atoms with Crippen molar-refractivity contribution in [3.8, 4) is 5.75 Å². The van der Waals surface area contributed by atoms with E-state index in [1.165, 1.54) is 0 Å². The van der Waals surface area contributed by atoms with Crippen molar-refractivity contribution in [1.82, 2.24) is 9.88 Å². The van der Waals surface area contributed by atoms with Crippen LogP contribution < -0.4 is 15.0 Å². The number of amides is 2. The zero-order chi connectivity index (χ0) is 17.8. The fraction of sp³-hybridized carbons (Fsp3) is 0.333. The van der Waals surface area contributed by atoms with Gasteiger partial charge in [0.2, 0.25) is 0 Å². The summed E-state index contributed by atoms with van der Waals surface area (Å²) < 4.78 is 6.12. The number of rotatable bonds is 3. The van der Waals surface area contributed by atoms with Crippen molar-refractivity contribution in [2.45, 2.75) is 13.0 Å². The number of ether oxygens (including phenoxy) is 1. The molecule has 132 valence electrons. The number of hydrogen-bond acceptors (Lipinski definition) is 4. The molecule has 1 unspecified atom stereocenters. The molecule has 0 radical (unpaired) electrons. The van der Waals surface area contributed by atoms with E-state index in [-0.39, 0.29) is 12.1 Å². The molecule has 6 nitrogen and oxygen atoms in total. The normalized spacial score (nSPS) is 17.3. The molecule has 2 aromatic rings. The molecule has 3 rings (SSSR count). The lowest BCUT2D eigenvalue weighted by Crippen LogP contribution is -2.54. The molecule has 2 heterocycles. The van der Waals surface area contributed by atoms with Crippen molar-refractivity contribution < 1.29 is 9.53 Å². The van der Waals surface area contributed by atoms with Crippen LogP contribution in [0.15, 0.2) is 47.2 Å². The first kappa shape index (κ1) is 17.5. The summed E-state index contributed by atoms with van der Waals surface area (Å²) in [6.45, 7) is 4.26. The highest BCUT2D eigenvalue weighted by Crippen LogP contribution is 2.28. The highest BCUT2D eigenvalue weighted by molar-refractivity contribution is 9.10. The minimum atomic E-state index is -0.0920. The number of halogens is 1. The number of benzene rings is 1. The van der Waals surface area contributed by atoms with Gasteiger partial charge < -0.3 is 19.9 Å². The number of nitrogens with one attached hydrogen (secondary N) is 1. The quantitative estimate of drug-likeness (QED) is 0.848. The minimum Gasteiger partial charge on any atom is -0.495 e. The molecular weight excluding hydrogens is 384 g/mol. The van der Waals surface area contributed by atoms with E-state index >= 15 is 0 Å². The minimum absolute atomic E-state index is 0.0920. The lowest BCUT2D eigenvalue weighted by Gasteiger charge is -2.41. The number of piperazine rings is 1. The Bertz CT molecular complexity index is 741. The fourth-order valence-corrected chi connectivity index (χ4v) is 3.41. The number of anilines is 2. The molecule has 7 heteroatoms. The summed E-state index contributed by atoms with van der Waals surface area (Å²) >= 11 is 3.41. The van der Waals surface area contributed by atoms with Gasteiger partial charge in [-0.3, -0.25) is 4.98 Å². The Kier molecular flexibility index (Phi) is 5.43. The van der Waals surface area contributed by atoms with E-state index in [0.29, 0.717) is 24.5 Å². The van der Waals surface area contributed by atoms with Crippen molar-refractivity contribution in [3.05, 3.63) is 47.2 Å². The summed E-state index contributed by atoms with van der Waals surface area (Å²) in [7, 11) is 1.60. The third kappa shape index (κ3) is 4.04. The Morgan fingerprint density at radius 2 is 2.04 bits per heavy atom. The molecule has 1 N–H and O–H groups in total. The Morgan fingerprint density at radius 1 is 1.28 bits per heavy atom. The molecule has 0 aliphatic carbocycles. The maximum absolute atomic E-state index is 12.6. The van der Waals surface area contributed by atoms with E-state index in [1.54, 1.807) is 25.6 Å². The first-order valence-corrected chi connectivity index (χ1v) is 8.94. The Hall–Kier alpha value is -2.28. The van der Waals surface area contributed by atoms with Crippen LogP contribution in [0.3, 0.4) is 0 Å². The summed E-state index contributed by atoms with van der Waals surface area (Å²) in [5, 5.41) is 2.95. The molecule has 1 aliphatic heterocycles. The predicted octanol–water partition coefficient (Wildman–Crippen LogP) is 3.60. The van der Waals surface area contributed by atoms with E-state index in [9.17, 15) is 4.79 Å². The Balaban J connectivity index is 1.63. The van der Waals surface area contributed by atoms with E-state index in [0.717, 1.165) is 16.7 Å². The molecule has 1 fully saturated rings. The lowest BCUT2D eigenvalue weighted by molar-refractivity contribution is 0.200. The van der Waals surface area contributed by atoms with Crippen molar-refractivity contribution in [2.75, 3.05) is 37.0 Å². The number of urea groups is 1. The first-order valence-electron chi connectivity index (χ1n) is 8.14. The van der Waals surface area contributed by atoms with E-state index < -0.39 is 0 Å². The van der Waals surface area contributed by atoms with Gasteiger partial charge in [0.25, 0.3) is 0 Å². The second-order valence-electron chi connectivity index (χ2n) is 5.97. The smallest absolute Gasteiger partial charge is 0.321 e. The molecule has 0 saturated carbocycles. The standard InChI is InChI=1S/C18H21BrN4O2/c1-13-12-22(9-10-23(13)15-5-7-20-8-6-15)18(24)21-14-3-4-16(19)17(11-14)25-2/h3-8,11,13H,9-10,12H2,1-2H3,(H,21,24). The van der Waals surface area contributed by atoms with Gasteiger partial charge in [-0.05, 0) is 47.1 Å². The maximum atomic E-state index is 12.6. The SMILES string of the molecule is COc1cc(NC(=O)N2CCN(c3ccncc3)C(C)C2)ccc1Br. The maximum Gasteiger partial charge on any atom is 0.321 e. The van der Waals surface area contributed by atoms with Gasteiger partial charge >= 0.3 is 6.03 Å². The molecule has 0 spiro atoms. The van der Waals surface area contributed by atoms with E-state index in [1.807, 2.05) is 29.2 Å². The topological polar surface area (TPSA) is 57.7 Å². The zero-order valence-electron chi connectivity index (χ0n) is 14.3. The van der Waals surface area contributed by atoms with Gasteiger partial charge in [-0.15, -0.1) is 0 Å². The Morgan fingerprint density at radius 3 is 2.72 bits per heavy atom. The second-order valence-corrected chi connectivity index (χ2v) is 6.83. The third-order valence-electron chi connectivity index (χ3n) is 4.31. The van der Waals surface area contributed by atoms with Crippen molar-refractivity contribution in [1.29, 1.82) is 0 Å². The van der Waals surface area contributed by atoms with Gasteiger partial charge in [0.15, 0.2) is 0 Å². The first-order chi connectivity index (χ1) is 12.1. The van der Waals surface area contributed by atoms with Crippen LogP contribution in [0.25, 0.3) is 0 Å². The largest absolute Gasteiger partial charge is 0.495 e. The highest BCUT2D eigenvalue weighted by Gasteiger charge is 2.27. The molecule has 1 saturated heterocycles. The average Bonchev–Trinajstić information content (AvgIpc) is 2.64. The van der Waals surface area contributed by atoms with Gasteiger partial charge in [0, 0.05) is 55.5 Å². The number of hydrogen-bond donors (Lipinski definition) is 1. The van der Waals surface area contributed by atoms with Crippen LogP contribution in [0.5, 0.6) is 5.75 Å². The van der Waals surface area contributed by atoms with E-state index in [2.05, 4.69) is 38.1 Å². The monoisotopic (exact) mass is 404 g/mol. The van der Waals surface area contributed by atoms with Gasteiger partial charge in [-0.25, -0.2) is 4.79 Å².